The SMILES string of the molecule is CCC(C)C1CN(CCCOCC(F)(F)F)C(CC)CN1. The first kappa shape index (κ1) is 18.7. The summed E-state index contributed by atoms with van der Waals surface area (Å²) < 4.78 is 40.7. The molecule has 126 valence electrons. The van der Waals surface area contributed by atoms with Crippen LogP contribution in [0.25, 0.3) is 0 Å². The van der Waals surface area contributed by atoms with Crippen molar-refractivity contribution < 1.29 is 17.9 Å². The molecule has 0 aromatic heterocycles. The molecular weight excluding hydrogens is 281 g/mol. The molecule has 0 aromatic carbocycles. The lowest BCUT2D eigenvalue weighted by molar-refractivity contribution is -0.174. The van der Waals surface area contributed by atoms with Crippen molar-refractivity contribution in [2.24, 2.45) is 5.92 Å². The van der Waals surface area contributed by atoms with Gasteiger partial charge in [-0.3, -0.25) is 4.90 Å². The summed E-state index contributed by atoms with van der Waals surface area (Å²) in [5.41, 5.74) is 0. The van der Waals surface area contributed by atoms with E-state index in [0.717, 1.165) is 32.5 Å². The third-order valence-corrected chi connectivity index (χ3v) is 4.37. The largest absolute Gasteiger partial charge is 0.411 e. The fraction of sp³-hybridized carbons (Fsp3) is 1.00. The van der Waals surface area contributed by atoms with Gasteiger partial charge in [0.1, 0.15) is 6.61 Å². The number of alkyl halides is 3. The van der Waals surface area contributed by atoms with Crippen molar-refractivity contribution in [1.82, 2.24) is 10.2 Å². The van der Waals surface area contributed by atoms with Gasteiger partial charge in [0.2, 0.25) is 0 Å². The molecule has 0 aromatic rings. The Morgan fingerprint density at radius 1 is 1.33 bits per heavy atom. The van der Waals surface area contributed by atoms with E-state index in [2.05, 4.69) is 35.7 Å². The molecule has 1 heterocycles. The van der Waals surface area contributed by atoms with E-state index in [1.807, 2.05) is 0 Å². The van der Waals surface area contributed by atoms with Crippen LogP contribution in [0.2, 0.25) is 0 Å². The summed E-state index contributed by atoms with van der Waals surface area (Å²) >= 11 is 0. The summed E-state index contributed by atoms with van der Waals surface area (Å²) in [5, 5.41) is 3.60. The Morgan fingerprint density at radius 2 is 2.05 bits per heavy atom. The van der Waals surface area contributed by atoms with E-state index in [-0.39, 0.29) is 6.61 Å². The summed E-state index contributed by atoms with van der Waals surface area (Å²) in [6.45, 7) is 8.38. The maximum Gasteiger partial charge on any atom is 0.411 e. The molecule has 0 radical (unpaired) electrons. The number of hydrogen-bond donors (Lipinski definition) is 1. The lowest BCUT2D eigenvalue weighted by Gasteiger charge is -2.42. The molecule has 3 atom stereocenters. The van der Waals surface area contributed by atoms with E-state index in [1.54, 1.807) is 0 Å². The summed E-state index contributed by atoms with van der Waals surface area (Å²) in [7, 11) is 0. The fourth-order valence-corrected chi connectivity index (χ4v) is 2.78. The normalized spacial score (nSPS) is 26.0. The molecule has 0 spiro atoms. The van der Waals surface area contributed by atoms with Crippen molar-refractivity contribution in [1.29, 1.82) is 0 Å². The first-order chi connectivity index (χ1) is 9.87. The summed E-state index contributed by atoms with van der Waals surface area (Å²) in [6, 6.07) is 0.960. The molecule has 1 N–H and O–H groups in total. The Labute approximate surface area is 126 Å². The Hall–Kier alpha value is -0.330. The van der Waals surface area contributed by atoms with Crippen LogP contribution in [0.1, 0.15) is 40.0 Å². The van der Waals surface area contributed by atoms with Crippen LogP contribution in [0, 0.1) is 5.92 Å². The molecule has 0 aliphatic carbocycles. The van der Waals surface area contributed by atoms with Crippen molar-refractivity contribution in [2.75, 3.05) is 32.8 Å². The molecule has 0 amide bonds. The molecule has 3 unspecified atom stereocenters. The lowest BCUT2D eigenvalue weighted by atomic mass is 9.95. The van der Waals surface area contributed by atoms with Crippen LogP contribution in [0.3, 0.4) is 0 Å². The van der Waals surface area contributed by atoms with Crippen molar-refractivity contribution >= 4 is 0 Å². The van der Waals surface area contributed by atoms with E-state index >= 15 is 0 Å². The van der Waals surface area contributed by atoms with Gasteiger partial charge in [-0.25, -0.2) is 0 Å². The van der Waals surface area contributed by atoms with Crippen molar-refractivity contribution in [3.05, 3.63) is 0 Å². The minimum absolute atomic E-state index is 0.174. The van der Waals surface area contributed by atoms with Gasteiger partial charge in [-0.15, -0.1) is 0 Å². The van der Waals surface area contributed by atoms with E-state index < -0.39 is 12.8 Å². The average Bonchev–Trinajstić information content (AvgIpc) is 2.44. The summed E-state index contributed by atoms with van der Waals surface area (Å²) in [5.74, 6) is 0.617. The number of nitrogens with zero attached hydrogens (tertiary/aromatic N) is 1. The summed E-state index contributed by atoms with van der Waals surface area (Å²) in [4.78, 5) is 2.41. The number of ether oxygens (including phenoxy) is 1. The second-order valence-corrected chi connectivity index (χ2v) is 5.98. The first-order valence-corrected chi connectivity index (χ1v) is 7.99. The van der Waals surface area contributed by atoms with Gasteiger partial charge in [-0.05, 0) is 18.8 Å². The second-order valence-electron chi connectivity index (χ2n) is 5.98. The highest BCUT2D eigenvalue weighted by Gasteiger charge is 2.29. The van der Waals surface area contributed by atoms with E-state index in [9.17, 15) is 13.2 Å². The van der Waals surface area contributed by atoms with Gasteiger partial charge in [0.05, 0.1) is 0 Å². The molecule has 21 heavy (non-hydrogen) atoms. The zero-order chi connectivity index (χ0) is 15.9. The molecule has 3 nitrogen and oxygen atoms in total. The van der Waals surface area contributed by atoms with Crippen LogP contribution < -0.4 is 5.32 Å². The predicted octanol–water partition coefficient (Wildman–Crippen LogP) is 3.05. The molecular formula is C15H29F3N2O. The van der Waals surface area contributed by atoms with Crippen LogP contribution >= 0.6 is 0 Å². The third-order valence-electron chi connectivity index (χ3n) is 4.37. The Bertz CT molecular complexity index is 287. The van der Waals surface area contributed by atoms with E-state index in [0.29, 0.717) is 24.4 Å². The molecule has 0 saturated carbocycles. The average molecular weight is 310 g/mol. The van der Waals surface area contributed by atoms with Crippen molar-refractivity contribution in [3.8, 4) is 0 Å². The summed E-state index contributed by atoms with van der Waals surface area (Å²) in [6.07, 6.45) is -1.37. The van der Waals surface area contributed by atoms with Crippen LogP contribution in [0.15, 0.2) is 0 Å². The smallest absolute Gasteiger partial charge is 0.372 e. The standard InChI is InChI=1S/C15H29F3N2O/c1-4-12(3)14-10-20(13(5-2)9-19-14)7-6-8-21-11-15(16,17)18/h12-14,19H,4-11H2,1-3H3. The second kappa shape index (κ2) is 8.96. The number of halogens is 3. The molecule has 0 bridgehead atoms. The predicted molar refractivity (Wildman–Crippen MR) is 78.4 cm³/mol. The molecule has 1 fully saturated rings. The maximum atomic E-state index is 12.0. The van der Waals surface area contributed by atoms with Crippen LogP contribution in [-0.2, 0) is 4.74 Å². The first-order valence-electron chi connectivity index (χ1n) is 7.99. The van der Waals surface area contributed by atoms with Gasteiger partial charge in [0.25, 0.3) is 0 Å². The highest BCUT2D eigenvalue weighted by molar-refractivity contribution is 4.87. The number of piperazine rings is 1. The van der Waals surface area contributed by atoms with Gasteiger partial charge in [0.15, 0.2) is 0 Å². The fourth-order valence-electron chi connectivity index (χ4n) is 2.78. The third kappa shape index (κ3) is 6.98. The topological polar surface area (TPSA) is 24.5 Å². The minimum Gasteiger partial charge on any atom is -0.372 e. The van der Waals surface area contributed by atoms with Crippen LogP contribution in [0.5, 0.6) is 0 Å². The highest BCUT2D eigenvalue weighted by atomic mass is 19.4. The zero-order valence-corrected chi connectivity index (χ0v) is 13.4. The monoisotopic (exact) mass is 310 g/mol. The zero-order valence-electron chi connectivity index (χ0n) is 13.4. The molecule has 1 aliphatic rings. The van der Waals surface area contributed by atoms with Gasteiger partial charge >= 0.3 is 6.18 Å². The van der Waals surface area contributed by atoms with Crippen molar-refractivity contribution in [3.63, 3.8) is 0 Å². The number of hydrogen-bond acceptors (Lipinski definition) is 3. The van der Waals surface area contributed by atoms with E-state index in [4.69, 9.17) is 0 Å². The van der Waals surface area contributed by atoms with Gasteiger partial charge in [-0.2, -0.15) is 13.2 Å². The minimum atomic E-state index is -4.22. The number of rotatable bonds is 8. The Balaban J connectivity index is 2.31. The molecule has 6 heteroatoms. The molecule has 1 saturated heterocycles. The van der Waals surface area contributed by atoms with Crippen LogP contribution in [-0.4, -0.2) is 56.0 Å². The molecule has 1 aliphatic heterocycles. The van der Waals surface area contributed by atoms with Crippen molar-refractivity contribution in [2.45, 2.75) is 58.3 Å². The van der Waals surface area contributed by atoms with Crippen LogP contribution in [0.4, 0.5) is 13.2 Å². The lowest BCUT2D eigenvalue weighted by Crippen LogP contribution is -2.58. The van der Waals surface area contributed by atoms with E-state index in [1.165, 1.54) is 0 Å². The van der Waals surface area contributed by atoms with Gasteiger partial charge in [-0.1, -0.05) is 27.2 Å². The highest BCUT2D eigenvalue weighted by Crippen LogP contribution is 2.18. The number of nitrogens with one attached hydrogen (secondary N) is 1. The quantitative estimate of drug-likeness (QED) is 0.697. The Morgan fingerprint density at radius 3 is 2.62 bits per heavy atom. The van der Waals surface area contributed by atoms with Gasteiger partial charge < -0.3 is 10.1 Å². The maximum absolute atomic E-state index is 12.0. The molecule has 1 rings (SSSR count). The Kier molecular flexibility index (Phi) is 7.98. The van der Waals surface area contributed by atoms with Gasteiger partial charge in [0, 0.05) is 38.3 Å².